The molecule has 4 heteroatoms. The minimum absolute atomic E-state index is 0.254. The van der Waals surface area contributed by atoms with E-state index in [1.807, 2.05) is 67.6 Å². The summed E-state index contributed by atoms with van der Waals surface area (Å²) in [7, 11) is 0. The maximum atomic E-state index is 11.8. The van der Waals surface area contributed by atoms with Crippen molar-refractivity contribution in [1.82, 2.24) is 0 Å². The molecule has 0 saturated heterocycles. The second-order valence-corrected chi connectivity index (χ2v) is 7.59. The van der Waals surface area contributed by atoms with Gasteiger partial charge in [-0.25, -0.2) is 0 Å². The summed E-state index contributed by atoms with van der Waals surface area (Å²) in [4.78, 5) is 11.8. The Bertz CT molecular complexity index is 1200. The molecule has 160 valence electrons. The molecule has 1 amide bonds. The van der Waals surface area contributed by atoms with Crippen molar-refractivity contribution < 1.29 is 14.3 Å². The highest BCUT2D eigenvalue weighted by molar-refractivity contribution is 5.95. The summed E-state index contributed by atoms with van der Waals surface area (Å²) >= 11 is 0. The molecule has 4 aromatic rings. The molecule has 0 aromatic heterocycles. The Kier molecular flexibility index (Phi) is 6.52. The predicted octanol–water partition coefficient (Wildman–Crippen LogP) is 5.92. The third kappa shape index (κ3) is 5.16. The van der Waals surface area contributed by atoms with E-state index in [-0.39, 0.29) is 6.61 Å². The Balaban J connectivity index is 1.38. The molecule has 0 spiro atoms. The first-order chi connectivity index (χ1) is 15.6. The largest absolute Gasteiger partial charge is 0.489 e. The lowest BCUT2D eigenvalue weighted by molar-refractivity contribution is 0.0997. The molecule has 4 rings (SSSR count). The molecule has 0 bridgehead atoms. The first-order valence-corrected chi connectivity index (χ1v) is 10.5. The summed E-state index contributed by atoms with van der Waals surface area (Å²) in [5.74, 6) is 0.935. The van der Waals surface area contributed by atoms with Gasteiger partial charge in [0, 0.05) is 17.2 Å². The maximum absolute atomic E-state index is 11.8. The molecule has 0 atom stereocenters. The van der Waals surface area contributed by atoms with E-state index in [0.717, 1.165) is 16.7 Å². The zero-order chi connectivity index (χ0) is 22.3. The number of aryl methyl sites for hydroxylation is 1. The zero-order valence-corrected chi connectivity index (χ0v) is 18.0. The monoisotopic (exact) mass is 423 g/mol. The van der Waals surface area contributed by atoms with Crippen LogP contribution in [0.5, 0.6) is 11.5 Å². The summed E-state index contributed by atoms with van der Waals surface area (Å²) < 4.78 is 11.9. The first kappa shape index (κ1) is 21.2. The van der Waals surface area contributed by atoms with Crippen molar-refractivity contribution in [3.8, 4) is 22.6 Å². The van der Waals surface area contributed by atoms with Gasteiger partial charge in [0.25, 0.3) is 0 Å². The summed E-state index contributed by atoms with van der Waals surface area (Å²) in [6, 6.07) is 31.7. The SMILES string of the molecule is Cc1cccc(COc2cccc(OCc3ccc(-c4ccccc4)cc3)c2)c1C(N)=O. The normalized spacial score (nSPS) is 10.5. The minimum atomic E-state index is -0.447. The van der Waals surface area contributed by atoms with Gasteiger partial charge in [0.1, 0.15) is 24.7 Å². The van der Waals surface area contributed by atoms with Crippen LogP contribution in [0.3, 0.4) is 0 Å². The third-order valence-corrected chi connectivity index (χ3v) is 5.27. The zero-order valence-electron chi connectivity index (χ0n) is 18.0. The fourth-order valence-electron chi connectivity index (χ4n) is 3.61. The number of amides is 1. The third-order valence-electron chi connectivity index (χ3n) is 5.27. The molecular formula is C28H25NO3. The summed E-state index contributed by atoms with van der Waals surface area (Å²) in [5.41, 5.74) is 11.1. The van der Waals surface area contributed by atoms with E-state index in [0.29, 0.717) is 23.7 Å². The highest BCUT2D eigenvalue weighted by atomic mass is 16.5. The fraction of sp³-hybridized carbons (Fsp3) is 0.107. The molecule has 2 N–H and O–H groups in total. The molecule has 0 aliphatic carbocycles. The Morgan fingerprint density at radius 1 is 0.719 bits per heavy atom. The number of hydrogen-bond donors (Lipinski definition) is 1. The summed E-state index contributed by atoms with van der Waals surface area (Å²) in [6.07, 6.45) is 0. The van der Waals surface area contributed by atoms with Crippen molar-refractivity contribution in [2.75, 3.05) is 0 Å². The first-order valence-electron chi connectivity index (χ1n) is 10.5. The van der Waals surface area contributed by atoms with E-state index in [1.165, 1.54) is 11.1 Å². The molecular weight excluding hydrogens is 398 g/mol. The Labute approximate surface area is 188 Å². The number of ether oxygens (including phenoxy) is 2. The minimum Gasteiger partial charge on any atom is -0.489 e. The number of nitrogens with two attached hydrogens (primary N) is 1. The molecule has 32 heavy (non-hydrogen) atoms. The van der Waals surface area contributed by atoms with Gasteiger partial charge < -0.3 is 15.2 Å². The molecule has 0 unspecified atom stereocenters. The van der Waals surface area contributed by atoms with Gasteiger partial charge in [0.05, 0.1) is 0 Å². The van der Waals surface area contributed by atoms with Crippen LogP contribution in [0.25, 0.3) is 11.1 Å². The number of benzene rings is 4. The lowest BCUT2D eigenvalue weighted by atomic mass is 10.0. The van der Waals surface area contributed by atoms with Crippen LogP contribution in [0.2, 0.25) is 0 Å². The summed E-state index contributed by atoms with van der Waals surface area (Å²) in [6.45, 7) is 2.58. The average Bonchev–Trinajstić information content (AvgIpc) is 2.82. The van der Waals surface area contributed by atoms with E-state index < -0.39 is 5.91 Å². The fourth-order valence-corrected chi connectivity index (χ4v) is 3.61. The number of primary amides is 1. The predicted molar refractivity (Wildman–Crippen MR) is 127 cm³/mol. The highest BCUT2D eigenvalue weighted by Crippen LogP contribution is 2.24. The van der Waals surface area contributed by atoms with Gasteiger partial charge in [0.2, 0.25) is 5.91 Å². The molecule has 4 nitrogen and oxygen atoms in total. The number of rotatable bonds is 8. The van der Waals surface area contributed by atoms with Crippen molar-refractivity contribution in [2.24, 2.45) is 5.73 Å². The van der Waals surface area contributed by atoms with E-state index in [1.54, 1.807) is 0 Å². The van der Waals surface area contributed by atoms with Gasteiger partial charge in [-0.3, -0.25) is 4.79 Å². The smallest absolute Gasteiger partial charge is 0.249 e. The average molecular weight is 424 g/mol. The Morgan fingerprint density at radius 2 is 1.34 bits per heavy atom. The lowest BCUT2D eigenvalue weighted by Crippen LogP contribution is -2.16. The van der Waals surface area contributed by atoms with Crippen LogP contribution in [-0.2, 0) is 13.2 Å². The highest BCUT2D eigenvalue weighted by Gasteiger charge is 2.11. The lowest BCUT2D eigenvalue weighted by Gasteiger charge is -2.12. The van der Waals surface area contributed by atoms with Crippen LogP contribution in [-0.4, -0.2) is 5.91 Å². The van der Waals surface area contributed by atoms with Crippen LogP contribution < -0.4 is 15.2 Å². The van der Waals surface area contributed by atoms with Crippen molar-refractivity contribution >= 4 is 5.91 Å². The van der Waals surface area contributed by atoms with Crippen LogP contribution >= 0.6 is 0 Å². The molecule has 0 aliphatic heterocycles. The van der Waals surface area contributed by atoms with Crippen molar-refractivity contribution in [3.05, 3.63) is 119 Å². The van der Waals surface area contributed by atoms with Crippen LogP contribution in [0.1, 0.15) is 27.0 Å². The quantitative estimate of drug-likeness (QED) is 0.383. The van der Waals surface area contributed by atoms with Crippen LogP contribution in [0.15, 0.2) is 97.1 Å². The topological polar surface area (TPSA) is 61.6 Å². The molecule has 0 aliphatic rings. The van der Waals surface area contributed by atoms with Gasteiger partial charge >= 0.3 is 0 Å². The van der Waals surface area contributed by atoms with Crippen LogP contribution in [0, 0.1) is 6.92 Å². The second-order valence-electron chi connectivity index (χ2n) is 7.59. The number of hydrogen-bond acceptors (Lipinski definition) is 3. The van der Waals surface area contributed by atoms with Crippen LogP contribution in [0.4, 0.5) is 0 Å². The van der Waals surface area contributed by atoms with E-state index >= 15 is 0 Å². The van der Waals surface area contributed by atoms with E-state index in [4.69, 9.17) is 15.2 Å². The second kappa shape index (κ2) is 9.84. The van der Waals surface area contributed by atoms with Gasteiger partial charge in [-0.15, -0.1) is 0 Å². The van der Waals surface area contributed by atoms with Crippen molar-refractivity contribution in [3.63, 3.8) is 0 Å². The number of carbonyl (C=O) groups excluding carboxylic acids is 1. The Hall–Kier alpha value is -4.05. The van der Waals surface area contributed by atoms with Gasteiger partial charge in [-0.2, -0.15) is 0 Å². The van der Waals surface area contributed by atoms with E-state index in [2.05, 4.69) is 36.4 Å². The Morgan fingerprint density at radius 3 is 2.03 bits per heavy atom. The molecule has 0 heterocycles. The standard InChI is InChI=1S/C28H25NO3/c1-20-7-5-10-24(27(20)28(29)30)19-32-26-12-6-11-25(17-26)31-18-21-13-15-23(16-14-21)22-8-3-2-4-9-22/h2-17H,18-19H2,1H3,(H2,29,30). The molecule has 0 saturated carbocycles. The van der Waals surface area contributed by atoms with Crippen molar-refractivity contribution in [2.45, 2.75) is 20.1 Å². The number of carbonyl (C=O) groups is 1. The van der Waals surface area contributed by atoms with Gasteiger partial charge in [-0.05, 0) is 41.3 Å². The van der Waals surface area contributed by atoms with Crippen molar-refractivity contribution in [1.29, 1.82) is 0 Å². The molecule has 0 fully saturated rings. The van der Waals surface area contributed by atoms with E-state index in [9.17, 15) is 4.79 Å². The molecule has 4 aromatic carbocycles. The van der Waals surface area contributed by atoms with Gasteiger partial charge in [-0.1, -0.05) is 78.9 Å². The maximum Gasteiger partial charge on any atom is 0.249 e. The molecule has 0 radical (unpaired) electrons. The summed E-state index contributed by atoms with van der Waals surface area (Å²) in [5, 5.41) is 0. The van der Waals surface area contributed by atoms with Gasteiger partial charge in [0.15, 0.2) is 0 Å².